The number of carbonyl (C=O) groups is 1. The monoisotopic (exact) mass is 264 g/mol. The van der Waals surface area contributed by atoms with E-state index in [1.165, 1.54) is 0 Å². The van der Waals surface area contributed by atoms with Crippen LogP contribution in [0.4, 0.5) is 13.2 Å². The van der Waals surface area contributed by atoms with E-state index in [9.17, 15) is 18.0 Å². The van der Waals surface area contributed by atoms with Crippen LogP contribution in [-0.2, 0) is 6.18 Å². The fourth-order valence-electron chi connectivity index (χ4n) is 1.54. The highest BCUT2D eigenvalue weighted by Crippen LogP contribution is 2.34. The molecule has 0 radical (unpaired) electrons. The number of fused-ring (bicyclic) bond motifs is 1. The summed E-state index contributed by atoms with van der Waals surface area (Å²) in [5.74, 6) is -1.63. The third-order valence-electron chi connectivity index (χ3n) is 2.41. The summed E-state index contributed by atoms with van der Waals surface area (Å²) in [6, 6.07) is 0. The molecule has 1 N–H and O–H groups in total. The molecule has 0 aliphatic rings. The first kappa shape index (κ1) is 11.9. The molecule has 0 atom stereocenters. The smallest absolute Gasteiger partial charge is 0.435 e. The van der Waals surface area contributed by atoms with Crippen LogP contribution in [0.5, 0.6) is 0 Å². The normalized spacial score (nSPS) is 12.3. The number of hydrogen-bond acceptors (Lipinski definition) is 3. The van der Waals surface area contributed by atoms with Gasteiger partial charge in [0.1, 0.15) is 0 Å². The minimum absolute atomic E-state index is 0.0460. The van der Waals surface area contributed by atoms with Gasteiger partial charge in [0, 0.05) is 10.6 Å². The molecule has 92 valence electrons. The van der Waals surface area contributed by atoms with Crippen molar-refractivity contribution in [2.75, 3.05) is 0 Å². The van der Waals surface area contributed by atoms with E-state index < -0.39 is 23.5 Å². The fourth-order valence-corrected chi connectivity index (χ4v) is 2.51. The SMILES string of the molecule is Cc1sc2nc(C(F)(F)F)c(C(=O)O)n2c1C. The molecule has 0 saturated carbocycles. The van der Waals surface area contributed by atoms with Gasteiger partial charge in [0.25, 0.3) is 0 Å². The van der Waals surface area contributed by atoms with E-state index in [2.05, 4.69) is 4.98 Å². The van der Waals surface area contributed by atoms with Gasteiger partial charge in [0.2, 0.25) is 0 Å². The summed E-state index contributed by atoms with van der Waals surface area (Å²) in [6.07, 6.45) is -4.76. The number of halogens is 3. The molecular weight excluding hydrogens is 257 g/mol. The Balaban J connectivity index is 2.89. The molecule has 8 heteroatoms. The van der Waals surface area contributed by atoms with Gasteiger partial charge in [-0.05, 0) is 13.8 Å². The van der Waals surface area contributed by atoms with Crippen molar-refractivity contribution in [2.24, 2.45) is 0 Å². The first-order chi connectivity index (χ1) is 7.73. The number of nitrogens with zero attached hydrogens (tertiary/aromatic N) is 2. The molecule has 0 amide bonds. The molecule has 2 rings (SSSR count). The van der Waals surface area contributed by atoms with Gasteiger partial charge in [0.05, 0.1) is 0 Å². The van der Waals surface area contributed by atoms with Crippen molar-refractivity contribution < 1.29 is 23.1 Å². The summed E-state index contributed by atoms with van der Waals surface area (Å²) >= 11 is 1.04. The first-order valence-electron chi connectivity index (χ1n) is 4.52. The lowest BCUT2D eigenvalue weighted by molar-refractivity contribution is -0.141. The zero-order valence-corrected chi connectivity index (χ0v) is 9.61. The largest absolute Gasteiger partial charge is 0.476 e. The molecule has 0 aliphatic carbocycles. The minimum atomic E-state index is -4.76. The number of aryl methyl sites for hydroxylation is 2. The molecule has 4 nitrogen and oxygen atoms in total. The average Bonchev–Trinajstić information content (AvgIpc) is 2.65. The summed E-state index contributed by atoms with van der Waals surface area (Å²) in [4.78, 5) is 15.1. The Morgan fingerprint density at radius 1 is 1.41 bits per heavy atom. The van der Waals surface area contributed by atoms with Crippen molar-refractivity contribution >= 4 is 22.3 Å². The number of thiazole rings is 1. The van der Waals surface area contributed by atoms with Crippen LogP contribution in [0, 0.1) is 13.8 Å². The molecule has 0 spiro atoms. The summed E-state index contributed by atoms with van der Waals surface area (Å²) < 4.78 is 38.9. The highest BCUT2D eigenvalue weighted by Gasteiger charge is 2.41. The molecule has 2 aromatic heterocycles. The Hall–Kier alpha value is -1.57. The fraction of sp³-hybridized carbons (Fsp3) is 0.333. The number of carboxylic acids is 1. The molecule has 0 aromatic carbocycles. The highest BCUT2D eigenvalue weighted by molar-refractivity contribution is 7.17. The van der Waals surface area contributed by atoms with Crippen LogP contribution in [0.25, 0.3) is 4.96 Å². The summed E-state index contributed by atoms with van der Waals surface area (Å²) in [5.41, 5.74) is -1.71. The molecule has 0 aliphatic heterocycles. The molecule has 0 unspecified atom stereocenters. The van der Waals surface area contributed by atoms with Gasteiger partial charge < -0.3 is 5.11 Å². The molecule has 0 bridgehead atoms. The standard InChI is InChI=1S/C9H7F3N2O2S/c1-3-4(2)17-8-13-6(9(10,11)12)5(7(15)16)14(3)8/h1-2H3,(H,15,16). The Bertz CT molecular complexity index is 612. The van der Waals surface area contributed by atoms with Gasteiger partial charge in [-0.2, -0.15) is 13.2 Å². The predicted octanol–water partition coefficient (Wildman–Crippen LogP) is 2.73. The Morgan fingerprint density at radius 3 is 2.47 bits per heavy atom. The lowest BCUT2D eigenvalue weighted by Crippen LogP contribution is -2.14. The average molecular weight is 264 g/mol. The highest BCUT2D eigenvalue weighted by atomic mass is 32.1. The number of imidazole rings is 1. The zero-order chi connectivity index (χ0) is 13.0. The van der Waals surface area contributed by atoms with Crippen molar-refractivity contribution in [1.82, 2.24) is 9.38 Å². The molecule has 2 heterocycles. The number of alkyl halides is 3. The van der Waals surface area contributed by atoms with E-state index in [1.807, 2.05) is 0 Å². The van der Waals surface area contributed by atoms with Gasteiger partial charge in [-0.1, -0.05) is 0 Å². The summed E-state index contributed by atoms with van der Waals surface area (Å²) in [7, 11) is 0. The number of carboxylic acid groups (broad SMARTS) is 1. The number of hydrogen-bond donors (Lipinski definition) is 1. The summed E-state index contributed by atoms with van der Waals surface area (Å²) in [5, 5.41) is 8.89. The van der Waals surface area contributed by atoms with E-state index in [1.54, 1.807) is 13.8 Å². The zero-order valence-electron chi connectivity index (χ0n) is 8.79. The summed E-state index contributed by atoms with van der Waals surface area (Å²) in [6.45, 7) is 3.26. The topological polar surface area (TPSA) is 54.6 Å². The third kappa shape index (κ3) is 1.68. The van der Waals surface area contributed by atoms with Crippen molar-refractivity contribution in [3.05, 3.63) is 22.0 Å². The van der Waals surface area contributed by atoms with Crippen LogP contribution in [0.1, 0.15) is 26.8 Å². The molecule has 0 fully saturated rings. The second kappa shape index (κ2) is 3.46. The Kier molecular flexibility index (Phi) is 2.42. The van der Waals surface area contributed by atoms with Crippen LogP contribution in [0.3, 0.4) is 0 Å². The van der Waals surface area contributed by atoms with E-state index in [-0.39, 0.29) is 4.96 Å². The lowest BCUT2D eigenvalue weighted by Gasteiger charge is -2.04. The van der Waals surface area contributed by atoms with Gasteiger partial charge in [-0.3, -0.25) is 4.40 Å². The van der Waals surface area contributed by atoms with Crippen LogP contribution < -0.4 is 0 Å². The maximum Gasteiger partial charge on any atom is 0.435 e. The Labute approximate surface area is 97.3 Å². The van der Waals surface area contributed by atoms with Crippen LogP contribution in [-0.4, -0.2) is 20.5 Å². The third-order valence-corrected chi connectivity index (χ3v) is 3.47. The van der Waals surface area contributed by atoms with E-state index >= 15 is 0 Å². The van der Waals surface area contributed by atoms with Crippen molar-refractivity contribution in [1.29, 1.82) is 0 Å². The van der Waals surface area contributed by atoms with Gasteiger partial charge in [-0.25, -0.2) is 9.78 Å². The van der Waals surface area contributed by atoms with Crippen molar-refractivity contribution in [3.8, 4) is 0 Å². The molecule has 2 aromatic rings. The predicted molar refractivity (Wildman–Crippen MR) is 54.5 cm³/mol. The molecule has 17 heavy (non-hydrogen) atoms. The maximum absolute atomic E-state index is 12.6. The number of aromatic carboxylic acids is 1. The second-order valence-corrected chi connectivity index (χ2v) is 4.66. The second-order valence-electron chi connectivity index (χ2n) is 3.47. The van der Waals surface area contributed by atoms with Crippen molar-refractivity contribution in [3.63, 3.8) is 0 Å². The maximum atomic E-state index is 12.6. The van der Waals surface area contributed by atoms with Gasteiger partial charge in [-0.15, -0.1) is 11.3 Å². The number of rotatable bonds is 1. The van der Waals surface area contributed by atoms with E-state index in [0.717, 1.165) is 20.6 Å². The first-order valence-corrected chi connectivity index (χ1v) is 5.34. The van der Waals surface area contributed by atoms with Crippen LogP contribution in [0.2, 0.25) is 0 Å². The van der Waals surface area contributed by atoms with Gasteiger partial charge in [0.15, 0.2) is 16.3 Å². The molecule has 0 saturated heterocycles. The minimum Gasteiger partial charge on any atom is -0.476 e. The lowest BCUT2D eigenvalue weighted by atomic mass is 10.3. The van der Waals surface area contributed by atoms with E-state index in [4.69, 9.17) is 5.11 Å². The molecular formula is C9H7F3N2O2S. The number of aromatic nitrogens is 2. The van der Waals surface area contributed by atoms with E-state index in [0.29, 0.717) is 5.69 Å². The van der Waals surface area contributed by atoms with Crippen LogP contribution in [0.15, 0.2) is 0 Å². The quantitative estimate of drug-likeness (QED) is 0.861. The Morgan fingerprint density at radius 2 is 2.00 bits per heavy atom. The van der Waals surface area contributed by atoms with Crippen molar-refractivity contribution in [2.45, 2.75) is 20.0 Å². The van der Waals surface area contributed by atoms with Crippen LogP contribution >= 0.6 is 11.3 Å². The van der Waals surface area contributed by atoms with Gasteiger partial charge >= 0.3 is 12.1 Å².